The maximum Gasteiger partial charge on any atom is 0.433 e. The number of nitrogens with zero attached hydrogens (tertiary/aromatic N) is 5. The van der Waals surface area contributed by atoms with Gasteiger partial charge in [0.25, 0.3) is 0 Å². The van der Waals surface area contributed by atoms with E-state index in [0.717, 1.165) is 41.3 Å². The number of alkyl halides is 3. The monoisotopic (exact) mass is 411 g/mol. The molecule has 0 amide bonds. The van der Waals surface area contributed by atoms with Crippen molar-refractivity contribution < 1.29 is 17.9 Å². The normalized spacial score (nSPS) is 25.0. The van der Waals surface area contributed by atoms with Gasteiger partial charge in [-0.25, -0.2) is 15.0 Å². The van der Waals surface area contributed by atoms with Crippen LogP contribution in [0, 0.1) is 0 Å². The van der Waals surface area contributed by atoms with Gasteiger partial charge in [-0.3, -0.25) is 0 Å². The number of hydrogen-bond acceptors (Lipinski definition) is 7. The summed E-state index contributed by atoms with van der Waals surface area (Å²) in [6.07, 6.45) is -0.162. The Morgan fingerprint density at radius 2 is 1.93 bits per heavy atom. The Morgan fingerprint density at radius 1 is 1.11 bits per heavy atom. The van der Waals surface area contributed by atoms with Crippen LogP contribution in [-0.4, -0.2) is 47.7 Å². The molecule has 2 aromatic rings. The molecular weight excluding hydrogens is 391 g/mol. The van der Waals surface area contributed by atoms with Crippen molar-refractivity contribution in [1.82, 2.24) is 15.0 Å². The highest BCUT2D eigenvalue weighted by atomic mass is 32.1. The van der Waals surface area contributed by atoms with Crippen LogP contribution >= 0.6 is 11.3 Å². The lowest BCUT2D eigenvalue weighted by Crippen LogP contribution is -2.39. The Balaban J connectivity index is 1.43. The van der Waals surface area contributed by atoms with Crippen LogP contribution in [0.4, 0.5) is 24.3 Å². The van der Waals surface area contributed by atoms with Crippen molar-refractivity contribution >= 4 is 22.4 Å². The predicted octanol–water partition coefficient (Wildman–Crippen LogP) is 3.23. The third kappa shape index (κ3) is 3.02. The molecule has 0 aliphatic carbocycles. The van der Waals surface area contributed by atoms with Gasteiger partial charge in [-0.2, -0.15) is 13.2 Å². The lowest BCUT2D eigenvalue weighted by atomic mass is 9.82. The molecule has 1 spiro atoms. The number of rotatable bonds is 2. The quantitative estimate of drug-likeness (QED) is 0.756. The summed E-state index contributed by atoms with van der Waals surface area (Å²) in [5, 5.41) is 1.04. The van der Waals surface area contributed by atoms with Gasteiger partial charge in [-0.15, -0.1) is 0 Å². The minimum atomic E-state index is -4.48. The van der Waals surface area contributed by atoms with Gasteiger partial charge in [0.1, 0.15) is 5.69 Å². The zero-order valence-electron chi connectivity index (χ0n) is 15.2. The van der Waals surface area contributed by atoms with Gasteiger partial charge < -0.3 is 14.5 Å². The third-order valence-electron chi connectivity index (χ3n) is 5.75. The first-order valence-electron chi connectivity index (χ1n) is 9.43. The molecule has 5 heterocycles. The van der Waals surface area contributed by atoms with Crippen molar-refractivity contribution in [2.75, 3.05) is 42.6 Å². The highest BCUT2D eigenvalue weighted by Gasteiger charge is 2.47. The van der Waals surface area contributed by atoms with Gasteiger partial charge >= 0.3 is 6.18 Å². The minimum Gasteiger partial charge on any atom is -0.375 e. The standard InChI is InChI=1S/C18H20F3N5OS/c19-18(20,21)13-3-5-22-15(23-13)26-8-4-17(10-26)11-27-9-12-14(17)24-16(28-12)25-6-1-2-7-25/h3,5H,1-2,4,6-11H2/t17-/m1/s1. The van der Waals surface area contributed by atoms with Crippen molar-refractivity contribution in [3.63, 3.8) is 0 Å². The first-order chi connectivity index (χ1) is 13.4. The number of aromatic nitrogens is 3. The van der Waals surface area contributed by atoms with Crippen LogP contribution in [0.5, 0.6) is 0 Å². The van der Waals surface area contributed by atoms with Crippen molar-refractivity contribution in [2.24, 2.45) is 0 Å². The average Bonchev–Trinajstić information content (AvgIpc) is 3.41. The second-order valence-corrected chi connectivity index (χ2v) is 8.71. The average molecular weight is 411 g/mol. The fourth-order valence-corrected chi connectivity index (χ4v) is 5.49. The predicted molar refractivity (Wildman–Crippen MR) is 98.8 cm³/mol. The van der Waals surface area contributed by atoms with E-state index in [0.29, 0.717) is 26.3 Å². The topological polar surface area (TPSA) is 54.4 Å². The van der Waals surface area contributed by atoms with Crippen LogP contribution in [0.15, 0.2) is 12.3 Å². The molecule has 1 atom stereocenters. The lowest BCUT2D eigenvalue weighted by molar-refractivity contribution is -0.141. The molecule has 0 saturated carbocycles. The number of halogens is 3. The van der Waals surface area contributed by atoms with Crippen LogP contribution < -0.4 is 9.80 Å². The van der Waals surface area contributed by atoms with Gasteiger partial charge in [-0.05, 0) is 25.3 Å². The first-order valence-corrected chi connectivity index (χ1v) is 10.2. The van der Waals surface area contributed by atoms with Crippen LogP contribution in [0.1, 0.15) is 35.5 Å². The summed E-state index contributed by atoms with van der Waals surface area (Å²) in [6.45, 7) is 4.25. The third-order valence-corrected chi connectivity index (χ3v) is 6.84. The molecule has 0 N–H and O–H groups in total. The molecule has 5 rings (SSSR count). The van der Waals surface area contributed by atoms with Crippen LogP contribution in [-0.2, 0) is 22.9 Å². The molecule has 0 bridgehead atoms. The molecule has 0 radical (unpaired) electrons. The summed E-state index contributed by atoms with van der Waals surface area (Å²) in [5.41, 5.74) is -0.163. The largest absolute Gasteiger partial charge is 0.433 e. The Hall–Kier alpha value is -1.94. The zero-order chi connectivity index (χ0) is 19.4. The van der Waals surface area contributed by atoms with Crippen molar-refractivity contribution in [3.05, 3.63) is 28.5 Å². The number of anilines is 2. The lowest BCUT2D eigenvalue weighted by Gasteiger charge is -2.32. The molecule has 2 saturated heterocycles. The van der Waals surface area contributed by atoms with Crippen molar-refractivity contribution in [2.45, 2.75) is 37.5 Å². The summed E-state index contributed by atoms with van der Waals surface area (Å²) >= 11 is 1.69. The van der Waals surface area contributed by atoms with E-state index in [1.807, 2.05) is 4.90 Å². The number of fused-ring (bicyclic) bond motifs is 2. The number of hydrogen-bond donors (Lipinski definition) is 0. The van der Waals surface area contributed by atoms with Gasteiger partial charge in [0.2, 0.25) is 5.95 Å². The van der Waals surface area contributed by atoms with Gasteiger partial charge in [0, 0.05) is 32.4 Å². The zero-order valence-corrected chi connectivity index (χ0v) is 16.0. The molecule has 10 heteroatoms. The molecule has 28 heavy (non-hydrogen) atoms. The van der Waals surface area contributed by atoms with Crippen LogP contribution in [0.3, 0.4) is 0 Å². The summed E-state index contributed by atoms with van der Waals surface area (Å²) < 4.78 is 44.9. The minimum absolute atomic E-state index is 0.119. The van der Waals surface area contributed by atoms with E-state index in [2.05, 4.69) is 14.9 Å². The highest BCUT2D eigenvalue weighted by molar-refractivity contribution is 7.15. The number of ether oxygens (including phenoxy) is 1. The fourth-order valence-electron chi connectivity index (χ4n) is 4.32. The first kappa shape index (κ1) is 18.1. The molecule has 0 aromatic carbocycles. The van der Waals surface area contributed by atoms with Gasteiger partial charge in [-0.1, -0.05) is 11.3 Å². The Bertz CT molecular complexity index is 882. The maximum absolute atomic E-state index is 13.0. The smallest absolute Gasteiger partial charge is 0.375 e. The molecule has 3 aliphatic rings. The van der Waals surface area contributed by atoms with E-state index in [-0.39, 0.29) is 11.4 Å². The second kappa shape index (κ2) is 6.55. The van der Waals surface area contributed by atoms with Crippen LogP contribution in [0.2, 0.25) is 0 Å². The molecule has 2 aromatic heterocycles. The molecular formula is C18H20F3N5OS. The molecule has 0 unspecified atom stereocenters. The molecule has 150 valence electrons. The van der Waals surface area contributed by atoms with Gasteiger partial charge in [0.15, 0.2) is 5.13 Å². The molecule has 6 nitrogen and oxygen atoms in total. The summed E-state index contributed by atoms with van der Waals surface area (Å²) in [7, 11) is 0. The molecule has 3 aliphatic heterocycles. The van der Waals surface area contributed by atoms with Crippen molar-refractivity contribution in [3.8, 4) is 0 Å². The van der Waals surface area contributed by atoms with Crippen molar-refractivity contribution in [1.29, 1.82) is 0 Å². The maximum atomic E-state index is 13.0. The summed E-state index contributed by atoms with van der Waals surface area (Å²) in [6, 6.07) is 0.903. The Morgan fingerprint density at radius 3 is 2.71 bits per heavy atom. The fraction of sp³-hybridized carbons (Fsp3) is 0.611. The summed E-state index contributed by atoms with van der Waals surface area (Å²) in [5.74, 6) is 0.119. The van der Waals surface area contributed by atoms with E-state index in [1.54, 1.807) is 11.3 Å². The second-order valence-electron chi connectivity index (χ2n) is 7.65. The van der Waals surface area contributed by atoms with E-state index in [4.69, 9.17) is 9.72 Å². The molecule has 2 fully saturated rings. The Kier molecular flexibility index (Phi) is 4.24. The van der Waals surface area contributed by atoms with E-state index < -0.39 is 11.9 Å². The van der Waals surface area contributed by atoms with E-state index in [9.17, 15) is 13.2 Å². The Labute approximate surface area is 164 Å². The SMILES string of the molecule is FC(F)(F)c1ccnc(N2CC[C@]3(COCc4sc(N5CCCC5)nc43)C2)n1. The van der Waals surface area contributed by atoms with Crippen LogP contribution in [0.25, 0.3) is 0 Å². The van der Waals surface area contributed by atoms with Gasteiger partial charge in [0.05, 0.1) is 29.2 Å². The van der Waals surface area contributed by atoms with E-state index in [1.165, 1.54) is 19.0 Å². The summed E-state index contributed by atoms with van der Waals surface area (Å²) in [4.78, 5) is 18.1. The highest BCUT2D eigenvalue weighted by Crippen LogP contribution is 2.44. The number of thiazole rings is 1. The van der Waals surface area contributed by atoms with E-state index >= 15 is 0 Å².